The van der Waals surface area contributed by atoms with Crippen LogP contribution in [-0.2, 0) is 4.79 Å². The lowest BCUT2D eigenvalue weighted by atomic mass is 10.2. The standard InChI is InChI=1S/C16H14N2OS2/c1-11-5-4-6-12(9-11)17-15(19)10-20-16-18-13-7-2-3-8-14(13)21-16/h2-9H,10H2,1H3,(H,17,19). The lowest BCUT2D eigenvalue weighted by molar-refractivity contribution is -0.113. The molecule has 3 aromatic rings. The maximum atomic E-state index is 12.0. The largest absolute Gasteiger partial charge is 0.325 e. The van der Waals surface area contributed by atoms with Gasteiger partial charge in [-0.05, 0) is 36.8 Å². The third kappa shape index (κ3) is 3.62. The molecule has 0 unspecified atom stereocenters. The second-order valence-corrected chi connectivity index (χ2v) is 6.91. The van der Waals surface area contributed by atoms with Crippen LogP contribution in [0.1, 0.15) is 5.56 Å². The molecule has 1 N–H and O–H groups in total. The van der Waals surface area contributed by atoms with Gasteiger partial charge in [0.15, 0.2) is 4.34 Å². The van der Waals surface area contributed by atoms with Gasteiger partial charge < -0.3 is 5.32 Å². The summed E-state index contributed by atoms with van der Waals surface area (Å²) in [4.78, 5) is 16.5. The number of amides is 1. The summed E-state index contributed by atoms with van der Waals surface area (Å²) in [6, 6.07) is 15.8. The zero-order chi connectivity index (χ0) is 14.7. The van der Waals surface area contributed by atoms with Crippen molar-refractivity contribution in [3.63, 3.8) is 0 Å². The Morgan fingerprint density at radius 1 is 1.24 bits per heavy atom. The minimum atomic E-state index is -0.00939. The number of nitrogens with one attached hydrogen (secondary N) is 1. The van der Waals surface area contributed by atoms with Gasteiger partial charge in [-0.25, -0.2) is 4.98 Å². The minimum absolute atomic E-state index is 0.00939. The first kappa shape index (κ1) is 14.1. The molecule has 1 aromatic heterocycles. The molecule has 0 aliphatic heterocycles. The molecular weight excluding hydrogens is 300 g/mol. The summed E-state index contributed by atoms with van der Waals surface area (Å²) in [6.07, 6.45) is 0. The summed E-state index contributed by atoms with van der Waals surface area (Å²) in [7, 11) is 0. The monoisotopic (exact) mass is 314 g/mol. The van der Waals surface area contributed by atoms with Crippen LogP contribution in [-0.4, -0.2) is 16.6 Å². The van der Waals surface area contributed by atoms with E-state index in [1.54, 1.807) is 11.3 Å². The van der Waals surface area contributed by atoms with Gasteiger partial charge in [-0.1, -0.05) is 36.0 Å². The van der Waals surface area contributed by atoms with Crippen LogP contribution < -0.4 is 5.32 Å². The molecule has 0 radical (unpaired) electrons. The Bertz CT molecular complexity index is 750. The Labute approximate surface area is 131 Å². The SMILES string of the molecule is Cc1cccc(NC(=O)CSc2nc3ccccc3s2)c1. The van der Waals surface area contributed by atoms with Gasteiger partial charge in [0.25, 0.3) is 0 Å². The Balaban J connectivity index is 1.60. The molecule has 2 aromatic carbocycles. The number of rotatable bonds is 4. The normalized spacial score (nSPS) is 10.7. The third-order valence-electron chi connectivity index (χ3n) is 2.90. The van der Waals surface area contributed by atoms with Crippen LogP contribution in [0.2, 0.25) is 0 Å². The quantitative estimate of drug-likeness (QED) is 0.729. The molecule has 0 bridgehead atoms. The lowest BCUT2D eigenvalue weighted by Crippen LogP contribution is -2.13. The van der Waals surface area contributed by atoms with E-state index in [-0.39, 0.29) is 5.91 Å². The fourth-order valence-electron chi connectivity index (χ4n) is 1.96. The number of hydrogen-bond donors (Lipinski definition) is 1. The van der Waals surface area contributed by atoms with Gasteiger partial charge in [0.1, 0.15) is 0 Å². The zero-order valence-electron chi connectivity index (χ0n) is 11.5. The highest BCUT2D eigenvalue weighted by atomic mass is 32.2. The van der Waals surface area contributed by atoms with Crippen molar-refractivity contribution in [2.45, 2.75) is 11.3 Å². The van der Waals surface area contributed by atoms with Gasteiger partial charge >= 0.3 is 0 Å². The molecule has 0 aliphatic carbocycles. The van der Waals surface area contributed by atoms with E-state index in [9.17, 15) is 4.79 Å². The number of hydrogen-bond acceptors (Lipinski definition) is 4. The molecule has 1 amide bonds. The molecule has 1 heterocycles. The first-order valence-corrected chi connectivity index (χ1v) is 8.36. The van der Waals surface area contributed by atoms with Crippen molar-refractivity contribution in [2.75, 3.05) is 11.1 Å². The summed E-state index contributed by atoms with van der Waals surface area (Å²) < 4.78 is 2.08. The van der Waals surface area contributed by atoms with Crippen LogP contribution in [0, 0.1) is 6.92 Å². The Hall–Kier alpha value is -1.85. The number of para-hydroxylation sites is 1. The molecule has 0 fully saturated rings. The van der Waals surface area contributed by atoms with Gasteiger partial charge in [0.05, 0.1) is 16.0 Å². The summed E-state index contributed by atoms with van der Waals surface area (Å²) in [5, 5.41) is 2.90. The molecular formula is C16H14N2OS2. The van der Waals surface area contributed by atoms with Gasteiger partial charge in [-0.2, -0.15) is 0 Å². The van der Waals surface area contributed by atoms with E-state index in [1.807, 2.05) is 55.5 Å². The van der Waals surface area contributed by atoms with Crippen molar-refractivity contribution < 1.29 is 4.79 Å². The number of carbonyl (C=O) groups is 1. The number of benzene rings is 2. The number of anilines is 1. The molecule has 5 heteroatoms. The smallest absolute Gasteiger partial charge is 0.234 e. The average molecular weight is 314 g/mol. The molecule has 0 saturated carbocycles. The van der Waals surface area contributed by atoms with E-state index in [0.717, 1.165) is 25.8 Å². The Morgan fingerprint density at radius 2 is 2.10 bits per heavy atom. The van der Waals surface area contributed by atoms with Crippen molar-refractivity contribution >= 4 is 44.9 Å². The predicted molar refractivity (Wildman–Crippen MR) is 90.2 cm³/mol. The van der Waals surface area contributed by atoms with E-state index in [0.29, 0.717) is 5.75 Å². The topological polar surface area (TPSA) is 42.0 Å². The van der Waals surface area contributed by atoms with Gasteiger partial charge in [-0.3, -0.25) is 4.79 Å². The number of fused-ring (bicyclic) bond motifs is 1. The first-order chi connectivity index (χ1) is 10.2. The van der Waals surface area contributed by atoms with Gasteiger partial charge in [0, 0.05) is 5.69 Å². The summed E-state index contributed by atoms with van der Waals surface area (Å²) >= 11 is 3.09. The fourth-order valence-corrected chi connectivity index (χ4v) is 3.83. The van der Waals surface area contributed by atoms with E-state index in [4.69, 9.17) is 0 Å². The highest BCUT2D eigenvalue weighted by molar-refractivity contribution is 8.01. The van der Waals surface area contributed by atoms with Crippen molar-refractivity contribution in [1.29, 1.82) is 0 Å². The highest BCUT2D eigenvalue weighted by Crippen LogP contribution is 2.29. The number of nitrogens with zero attached hydrogens (tertiary/aromatic N) is 1. The second kappa shape index (κ2) is 6.28. The van der Waals surface area contributed by atoms with Crippen LogP contribution in [0.4, 0.5) is 5.69 Å². The minimum Gasteiger partial charge on any atom is -0.325 e. The average Bonchev–Trinajstić information content (AvgIpc) is 2.88. The zero-order valence-corrected chi connectivity index (χ0v) is 13.1. The molecule has 3 nitrogen and oxygen atoms in total. The number of carbonyl (C=O) groups excluding carboxylic acids is 1. The van der Waals surface area contributed by atoms with E-state index >= 15 is 0 Å². The fraction of sp³-hybridized carbons (Fsp3) is 0.125. The van der Waals surface area contributed by atoms with Crippen LogP contribution in [0.15, 0.2) is 52.9 Å². The Kier molecular flexibility index (Phi) is 4.22. The molecule has 21 heavy (non-hydrogen) atoms. The Morgan fingerprint density at radius 3 is 2.90 bits per heavy atom. The summed E-state index contributed by atoms with van der Waals surface area (Å²) in [6.45, 7) is 2.01. The van der Waals surface area contributed by atoms with E-state index < -0.39 is 0 Å². The van der Waals surface area contributed by atoms with Gasteiger partial charge in [0.2, 0.25) is 5.91 Å². The van der Waals surface area contributed by atoms with E-state index in [2.05, 4.69) is 10.3 Å². The van der Waals surface area contributed by atoms with E-state index in [1.165, 1.54) is 11.8 Å². The highest BCUT2D eigenvalue weighted by Gasteiger charge is 2.07. The molecule has 3 rings (SSSR count). The summed E-state index contributed by atoms with van der Waals surface area (Å²) in [5.74, 6) is 0.359. The van der Waals surface area contributed by atoms with Crippen molar-refractivity contribution in [3.8, 4) is 0 Å². The molecule has 106 valence electrons. The molecule has 0 saturated heterocycles. The lowest BCUT2D eigenvalue weighted by Gasteiger charge is -2.04. The number of aryl methyl sites for hydroxylation is 1. The van der Waals surface area contributed by atoms with Crippen LogP contribution >= 0.6 is 23.1 Å². The maximum Gasteiger partial charge on any atom is 0.234 e. The molecule has 0 spiro atoms. The van der Waals surface area contributed by atoms with Crippen LogP contribution in [0.25, 0.3) is 10.2 Å². The molecule has 0 atom stereocenters. The van der Waals surface area contributed by atoms with Crippen LogP contribution in [0.3, 0.4) is 0 Å². The first-order valence-electron chi connectivity index (χ1n) is 6.55. The van der Waals surface area contributed by atoms with Crippen molar-refractivity contribution in [2.24, 2.45) is 0 Å². The predicted octanol–water partition coefficient (Wildman–Crippen LogP) is 4.34. The van der Waals surface area contributed by atoms with Crippen molar-refractivity contribution in [3.05, 3.63) is 54.1 Å². The second-order valence-electron chi connectivity index (χ2n) is 4.65. The van der Waals surface area contributed by atoms with Gasteiger partial charge in [-0.15, -0.1) is 11.3 Å². The molecule has 0 aliphatic rings. The number of thioether (sulfide) groups is 1. The van der Waals surface area contributed by atoms with Crippen molar-refractivity contribution in [1.82, 2.24) is 4.98 Å². The third-order valence-corrected chi connectivity index (χ3v) is 5.08. The summed E-state index contributed by atoms with van der Waals surface area (Å²) in [5.41, 5.74) is 2.96. The maximum absolute atomic E-state index is 12.0. The van der Waals surface area contributed by atoms with Crippen LogP contribution in [0.5, 0.6) is 0 Å². The number of aromatic nitrogens is 1. The number of thiazole rings is 1.